The molecule has 1 aromatic rings. The van der Waals surface area contributed by atoms with Crippen LogP contribution in [0.15, 0.2) is 24.3 Å². The maximum absolute atomic E-state index is 11.6. The largest absolute Gasteiger partial charge is 0.497 e. The number of hydrogen-bond acceptors (Lipinski definition) is 6. The van der Waals surface area contributed by atoms with Crippen molar-refractivity contribution in [2.24, 2.45) is 0 Å². The standard InChI is InChI=1S/C15H16O6/c1-18-11-7-10(8-12(9-11)19-2)3-4-14(16)21-13-5-6-20-15(13)17/h3-4,7-9,13H,5-6H2,1-2H3/b4-3+/t13-/m1/s1. The van der Waals surface area contributed by atoms with Crippen LogP contribution in [0.4, 0.5) is 0 Å². The van der Waals surface area contributed by atoms with Crippen LogP contribution in [-0.4, -0.2) is 38.9 Å². The molecule has 112 valence electrons. The monoisotopic (exact) mass is 292 g/mol. The van der Waals surface area contributed by atoms with E-state index in [0.717, 1.165) is 5.56 Å². The molecule has 0 N–H and O–H groups in total. The summed E-state index contributed by atoms with van der Waals surface area (Å²) >= 11 is 0. The summed E-state index contributed by atoms with van der Waals surface area (Å²) in [5, 5.41) is 0. The second-order valence-corrected chi connectivity index (χ2v) is 4.36. The average Bonchev–Trinajstić information content (AvgIpc) is 2.90. The maximum atomic E-state index is 11.6. The molecule has 1 saturated heterocycles. The Bertz CT molecular complexity index is 541. The van der Waals surface area contributed by atoms with Gasteiger partial charge in [-0.25, -0.2) is 9.59 Å². The van der Waals surface area contributed by atoms with Crippen molar-refractivity contribution < 1.29 is 28.5 Å². The third-order valence-electron chi connectivity index (χ3n) is 2.93. The SMILES string of the molecule is COc1cc(/C=C/C(=O)O[C@@H]2CCOC2=O)cc(OC)c1. The van der Waals surface area contributed by atoms with E-state index in [4.69, 9.17) is 18.9 Å². The molecule has 1 heterocycles. The topological polar surface area (TPSA) is 71.1 Å². The van der Waals surface area contributed by atoms with Gasteiger partial charge in [-0.3, -0.25) is 0 Å². The summed E-state index contributed by atoms with van der Waals surface area (Å²) in [6, 6.07) is 5.22. The Morgan fingerprint density at radius 3 is 2.43 bits per heavy atom. The van der Waals surface area contributed by atoms with Gasteiger partial charge in [-0.15, -0.1) is 0 Å². The number of hydrogen-bond donors (Lipinski definition) is 0. The second-order valence-electron chi connectivity index (χ2n) is 4.36. The molecule has 0 aliphatic carbocycles. The molecule has 0 amide bonds. The molecule has 21 heavy (non-hydrogen) atoms. The lowest BCUT2D eigenvalue weighted by atomic mass is 10.2. The Morgan fingerprint density at radius 1 is 1.24 bits per heavy atom. The van der Waals surface area contributed by atoms with E-state index in [0.29, 0.717) is 17.9 Å². The van der Waals surface area contributed by atoms with Crippen molar-refractivity contribution in [2.45, 2.75) is 12.5 Å². The van der Waals surface area contributed by atoms with E-state index < -0.39 is 18.0 Å². The van der Waals surface area contributed by atoms with Crippen LogP contribution in [0.2, 0.25) is 0 Å². The van der Waals surface area contributed by atoms with Crippen molar-refractivity contribution in [2.75, 3.05) is 20.8 Å². The normalized spacial score (nSPS) is 17.6. The Balaban J connectivity index is 2.02. The predicted octanol–water partition coefficient (Wildman–Crippen LogP) is 1.58. The minimum Gasteiger partial charge on any atom is -0.497 e. The van der Waals surface area contributed by atoms with E-state index in [9.17, 15) is 9.59 Å². The molecule has 0 radical (unpaired) electrons. The molecule has 0 spiro atoms. The number of cyclic esters (lactones) is 1. The van der Waals surface area contributed by atoms with Crippen LogP contribution < -0.4 is 9.47 Å². The smallest absolute Gasteiger partial charge is 0.347 e. The van der Waals surface area contributed by atoms with Crippen LogP contribution in [-0.2, 0) is 19.1 Å². The van der Waals surface area contributed by atoms with Gasteiger partial charge in [-0.2, -0.15) is 0 Å². The molecule has 0 aromatic heterocycles. The minimum absolute atomic E-state index is 0.285. The molecule has 1 aromatic carbocycles. The number of carbonyl (C=O) groups excluding carboxylic acids is 2. The summed E-state index contributed by atoms with van der Waals surface area (Å²) in [6.45, 7) is 0.285. The molecule has 0 saturated carbocycles. The first-order valence-electron chi connectivity index (χ1n) is 6.41. The third kappa shape index (κ3) is 3.98. The van der Waals surface area contributed by atoms with E-state index >= 15 is 0 Å². The van der Waals surface area contributed by atoms with Crippen molar-refractivity contribution in [3.8, 4) is 11.5 Å². The predicted molar refractivity (Wildman–Crippen MR) is 74.0 cm³/mol. The summed E-state index contributed by atoms with van der Waals surface area (Å²) in [4.78, 5) is 22.8. The van der Waals surface area contributed by atoms with Gasteiger partial charge < -0.3 is 18.9 Å². The average molecular weight is 292 g/mol. The van der Waals surface area contributed by atoms with Crippen LogP contribution >= 0.6 is 0 Å². The maximum Gasteiger partial charge on any atom is 0.347 e. The second kappa shape index (κ2) is 6.78. The van der Waals surface area contributed by atoms with Crippen LogP contribution in [0.25, 0.3) is 6.08 Å². The summed E-state index contributed by atoms with van der Waals surface area (Å²) in [6.07, 6.45) is 2.40. The lowest BCUT2D eigenvalue weighted by Crippen LogP contribution is -2.21. The molecule has 6 heteroatoms. The number of benzene rings is 1. The first-order chi connectivity index (χ1) is 10.1. The van der Waals surface area contributed by atoms with Crippen molar-refractivity contribution >= 4 is 18.0 Å². The van der Waals surface area contributed by atoms with Gasteiger partial charge in [0.25, 0.3) is 0 Å². The first kappa shape index (κ1) is 14.9. The molecular formula is C15H16O6. The Kier molecular flexibility index (Phi) is 4.81. The zero-order valence-electron chi connectivity index (χ0n) is 11.8. The Hall–Kier alpha value is -2.50. The number of carbonyl (C=O) groups is 2. The fraction of sp³-hybridized carbons (Fsp3) is 0.333. The summed E-state index contributed by atoms with van der Waals surface area (Å²) in [5.74, 6) is 0.129. The van der Waals surface area contributed by atoms with Gasteiger partial charge in [0, 0.05) is 18.6 Å². The van der Waals surface area contributed by atoms with Crippen molar-refractivity contribution in [3.05, 3.63) is 29.8 Å². The van der Waals surface area contributed by atoms with Gasteiger partial charge in [-0.1, -0.05) is 0 Å². The summed E-state index contributed by atoms with van der Waals surface area (Å²) in [7, 11) is 3.09. The number of ether oxygens (including phenoxy) is 4. The Labute approximate surface area is 122 Å². The van der Waals surface area contributed by atoms with E-state index in [-0.39, 0.29) is 6.61 Å². The highest BCUT2D eigenvalue weighted by atomic mass is 16.6. The number of rotatable bonds is 5. The number of esters is 2. The minimum atomic E-state index is -0.804. The fourth-order valence-electron chi connectivity index (χ4n) is 1.85. The molecule has 2 rings (SSSR count). The van der Waals surface area contributed by atoms with Crippen molar-refractivity contribution in [1.29, 1.82) is 0 Å². The Morgan fingerprint density at radius 2 is 1.90 bits per heavy atom. The highest BCUT2D eigenvalue weighted by Gasteiger charge is 2.29. The van der Waals surface area contributed by atoms with Crippen LogP contribution in [0.3, 0.4) is 0 Å². The lowest BCUT2D eigenvalue weighted by Gasteiger charge is -2.06. The molecular weight excluding hydrogens is 276 g/mol. The third-order valence-corrected chi connectivity index (χ3v) is 2.93. The highest BCUT2D eigenvalue weighted by Crippen LogP contribution is 2.23. The molecule has 6 nitrogen and oxygen atoms in total. The van der Waals surface area contributed by atoms with E-state index in [1.54, 1.807) is 38.5 Å². The van der Waals surface area contributed by atoms with Gasteiger partial charge in [0.1, 0.15) is 11.5 Å². The van der Waals surface area contributed by atoms with Gasteiger partial charge >= 0.3 is 11.9 Å². The van der Waals surface area contributed by atoms with Crippen LogP contribution in [0, 0.1) is 0 Å². The highest BCUT2D eigenvalue weighted by molar-refractivity contribution is 5.89. The zero-order chi connectivity index (χ0) is 15.2. The van der Waals surface area contributed by atoms with Gasteiger partial charge in [0.2, 0.25) is 6.10 Å². The molecule has 0 bridgehead atoms. The van der Waals surface area contributed by atoms with Gasteiger partial charge in [0.05, 0.1) is 20.8 Å². The molecule has 1 atom stereocenters. The molecule has 1 aliphatic heterocycles. The summed E-state index contributed by atoms with van der Waals surface area (Å²) in [5.41, 5.74) is 0.720. The van der Waals surface area contributed by atoms with Gasteiger partial charge in [0.15, 0.2) is 0 Å². The quantitative estimate of drug-likeness (QED) is 0.606. The van der Waals surface area contributed by atoms with Crippen molar-refractivity contribution in [1.82, 2.24) is 0 Å². The number of methoxy groups -OCH3 is 2. The van der Waals surface area contributed by atoms with E-state index in [1.165, 1.54) is 6.08 Å². The molecule has 0 unspecified atom stereocenters. The molecule has 1 aliphatic rings. The first-order valence-corrected chi connectivity index (χ1v) is 6.41. The van der Waals surface area contributed by atoms with Crippen molar-refractivity contribution in [3.63, 3.8) is 0 Å². The van der Waals surface area contributed by atoms with E-state index in [1.807, 2.05) is 0 Å². The zero-order valence-corrected chi connectivity index (χ0v) is 11.8. The lowest BCUT2D eigenvalue weighted by molar-refractivity contribution is -0.156. The van der Waals surface area contributed by atoms with Crippen LogP contribution in [0.5, 0.6) is 11.5 Å². The van der Waals surface area contributed by atoms with Crippen LogP contribution in [0.1, 0.15) is 12.0 Å². The van der Waals surface area contributed by atoms with Gasteiger partial charge in [-0.05, 0) is 23.8 Å². The fourth-order valence-corrected chi connectivity index (χ4v) is 1.85. The molecule has 1 fully saturated rings. The van der Waals surface area contributed by atoms with E-state index in [2.05, 4.69) is 0 Å². The summed E-state index contributed by atoms with van der Waals surface area (Å²) < 4.78 is 20.0.